The van der Waals surface area contributed by atoms with E-state index in [4.69, 9.17) is 10.1 Å². The van der Waals surface area contributed by atoms with Gasteiger partial charge in [-0.1, -0.05) is 0 Å². The van der Waals surface area contributed by atoms with Crippen molar-refractivity contribution >= 4 is 28.8 Å². The highest BCUT2D eigenvalue weighted by molar-refractivity contribution is 5.91. The molecule has 12 nitrogen and oxygen atoms in total. The summed E-state index contributed by atoms with van der Waals surface area (Å²) in [6.45, 7) is 4.90. The van der Waals surface area contributed by atoms with Crippen LogP contribution >= 0.6 is 0 Å². The van der Waals surface area contributed by atoms with Crippen LogP contribution in [0.4, 0.5) is 5.82 Å². The van der Waals surface area contributed by atoms with Gasteiger partial charge in [0.05, 0.1) is 12.2 Å². The number of nitrogens with zero attached hydrogens (tertiary/aromatic N) is 7. The zero-order chi connectivity index (χ0) is 24.5. The van der Waals surface area contributed by atoms with Gasteiger partial charge in [0.25, 0.3) is 0 Å². The Balaban J connectivity index is 1.43. The third kappa shape index (κ3) is 4.53. The van der Waals surface area contributed by atoms with Crippen molar-refractivity contribution in [2.24, 2.45) is 5.92 Å². The number of aliphatic hydroxyl groups is 1. The molecule has 12 heteroatoms. The SMILES string of the molecule is CCn1c(-c2cnc(C)nc2)nc2c(N[C@H]3C[C@H](C(=O)NCCO)N(C(=O)C4CC4)C3)ncnc21. The van der Waals surface area contributed by atoms with Crippen LogP contribution in [-0.4, -0.2) is 83.1 Å². The molecule has 184 valence electrons. The number of hydrogen-bond donors (Lipinski definition) is 3. The molecular weight excluding hydrogens is 450 g/mol. The molecule has 3 aromatic rings. The molecule has 3 N–H and O–H groups in total. The van der Waals surface area contributed by atoms with Gasteiger partial charge in [0.15, 0.2) is 17.0 Å². The van der Waals surface area contributed by atoms with Crippen molar-refractivity contribution in [2.75, 3.05) is 25.0 Å². The Kier molecular flexibility index (Phi) is 6.29. The first-order valence-corrected chi connectivity index (χ1v) is 12.0. The summed E-state index contributed by atoms with van der Waals surface area (Å²) in [5.41, 5.74) is 2.07. The number of likely N-dealkylation sites (tertiary alicyclic amines) is 1. The second kappa shape index (κ2) is 9.53. The lowest BCUT2D eigenvalue weighted by molar-refractivity contribution is -0.139. The van der Waals surface area contributed by atoms with Gasteiger partial charge in [-0.3, -0.25) is 9.59 Å². The average molecular weight is 480 g/mol. The normalized spacial score (nSPS) is 19.8. The van der Waals surface area contributed by atoms with Crippen LogP contribution in [0.5, 0.6) is 0 Å². The van der Waals surface area contributed by atoms with Crippen LogP contribution in [0.1, 0.15) is 32.0 Å². The Morgan fingerprint density at radius 1 is 1.17 bits per heavy atom. The second-order valence-corrected chi connectivity index (χ2v) is 8.97. The van der Waals surface area contributed by atoms with E-state index < -0.39 is 6.04 Å². The highest BCUT2D eigenvalue weighted by Crippen LogP contribution is 2.35. The monoisotopic (exact) mass is 479 g/mol. The molecule has 0 unspecified atom stereocenters. The fraction of sp³-hybridized carbons (Fsp3) is 0.522. The van der Waals surface area contributed by atoms with Crippen LogP contribution in [-0.2, 0) is 16.1 Å². The Bertz CT molecular complexity index is 1240. The van der Waals surface area contributed by atoms with Gasteiger partial charge < -0.3 is 25.2 Å². The number of carbonyl (C=O) groups excluding carboxylic acids is 2. The molecule has 1 saturated carbocycles. The molecule has 0 aromatic carbocycles. The summed E-state index contributed by atoms with van der Waals surface area (Å²) in [4.78, 5) is 49.6. The highest BCUT2D eigenvalue weighted by Gasteiger charge is 2.44. The third-order valence-electron chi connectivity index (χ3n) is 6.45. The minimum absolute atomic E-state index is 0.00666. The van der Waals surface area contributed by atoms with E-state index in [2.05, 4.69) is 30.6 Å². The fourth-order valence-corrected chi connectivity index (χ4v) is 4.56. The molecule has 1 aliphatic carbocycles. The maximum atomic E-state index is 12.9. The lowest BCUT2D eigenvalue weighted by Gasteiger charge is -2.23. The summed E-state index contributed by atoms with van der Waals surface area (Å²) < 4.78 is 1.99. The lowest BCUT2D eigenvalue weighted by atomic mass is 10.1. The number of rotatable bonds is 8. The fourth-order valence-electron chi connectivity index (χ4n) is 4.56. The zero-order valence-corrected chi connectivity index (χ0v) is 19.8. The molecule has 2 aliphatic rings. The first kappa shape index (κ1) is 23.1. The maximum absolute atomic E-state index is 12.9. The minimum Gasteiger partial charge on any atom is -0.395 e. The van der Waals surface area contributed by atoms with Crippen LogP contribution in [0.3, 0.4) is 0 Å². The van der Waals surface area contributed by atoms with Gasteiger partial charge in [0.2, 0.25) is 11.8 Å². The number of aliphatic hydroxyl groups excluding tert-OH is 1. The molecule has 3 aromatic heterocycles. The van der Waals surface area contributed by atoms with Crippen molar-refractivity contribution in [1.29, 1.82) is 0 Å². The van der Waals surface area contributed by atoms with E-state index in [9.17, 15) is 9.59 Å². The quantitative estimate of drug-likeness (QED) is 0.420. The van der Waals surface area contributed by atoms with Crippen LogP contribution in [0.15, 0.2) is 18.7 Å². The van der Waals surface area contributed by atoms with Crippen LogP contribution in [0, 0.1) is 12.8 Å². The summed E-state index contributed by atoms with van der Waals surface area (Å²) in [6.07, 6.45) is 7.14. The van der Waals surface area contributed by atoms with Gasteiger partial charge in [-0.15, -0.1) is 0 Å². The van der Waals surface area contributed by atoms with Gasteiger partial charge in [0.1, 0.15) is 24.0 Å². The minimum atomic E-state index is -0.585. The summed E-state index contributed by atoms with van der Waals surface area (Å²) in [6, 6.07) is -0.767. The molecule has 5 rings (SSSR count). The molecule has 2 amide bonds. The first-order chi connectivity index (χ1) is 17.0. The topological polar surface area (TPSA) is 151 Å². The molecule has 2 atom stereocenters. The number of aromatic nitrogens is 6. The van der Waals surface area contributed by atoms with E-state index in [0.717, 1.165) is 18.4 Å². The number of imidazole rings is 1. The lowest BCUT2D eigenvalue weighted by Crippen LogP contribution is -2.47. The van der Waals surface area contributed by atoms with Crippen molar-refractivity contribution in [1.82, 2.24) is 39.7 Å². The second-order valence-electron chi connectivity index (χ2n) is 8.97. The molecule has 35 heavy (non-hydrogen) atoms. The van der Waals surface area contributed by atoms with Crippen molar-refractivity contribution in [2.45, 2.75) is 51.7 Å². The molecule has 0 spiro atoms. The van der Waals surface area contributed by atoms with Crippen molar-refractivity contribution in [3.05, 3.63) is 24.5 Å². The van der Waals surface area contributed by atoms with Crippen LogP contribution in [0.2, 0.25) is 0 Å². The Morgan fingerprint density at radius 2 is 1.94 bits per heavy atom. The number of hydrogen-bond acceptors (Lipinski definition) is 9. The number of nitrogens with one attached hydrogen (secondary N) is 2. The molecule has 0 bridgehead atoms. The van der Waals surface area contributed by atoms with Gasteiger partial charge >= 0.3 is 0 Å². The first-order valence-electron chi connectivity index (χ1n) is 12.0. The zero-order valence-electron chi connectivity index (χ0n) is 19.8. The van der Waals surface area contributed by atoms with Gasteiger partial charge in [0, 0.05) is 44.0 Å². The molecule has 0 radical (unpaired) electrons. The number of fused-ring (bicyclic) bond motifs is 1. The van der Waals surface area contributed by atoms with Gasteiger partial charge in [-0.25, -0.2) is 24.9 Å². The average Bonchev–Trinajstić information content (AvgIpc) is 3.52. The van der Waals surface area contributed by atoms with Crippen LogP contribution < -0.4 is 10.6 Å². The summed E-state index contributed by atoms with van der Waals surface area (Å²) in [5.74, 6) is 1.71. The number of anilines is 1. The Hall–Kier alpha value is -3.67. The van der Waals surface area contributed by atoms with E-state index in [-0.39, 0.29) is 36.9 Å². The van der Waals surface area contributed by atoms with Crippen molar-refractivity contribution in [3.63, 3.8) is 0 Å². The van der Waals surface area contributed by atoms with E-state index in [1.807, 2.05) is 18.4 Å². The highest BCUT2D eigenvalue weighted by atomic mass is 16.3. The van der Waals surface area contributed by atoms with Gasteiger partial charge in [-0.05, 0) is 33.1 Å². The largest absolute Gasteiger partial charge is 0.395 e. The van der Waals surface area contributed by atoms with Gasteiger partial charge in [-0.2, -0.15) is 0 Å². The number of aryl methyl sites for hydroxylation is 2. The number of carbonyl (C=O) groups is 2. The standard InChI is InChI=1S/C23H29N9O3/c1-3-31-20(15-9-25-13(2)26-10-15)30-18-19(27-12-28-21(18)31)29-16-8-17(22(34)24-6-7-33)32(11-16)23(35)14-4-5-14/h9-10,12,14,16-17,33H,3-8,11H2,1-2H3,(H,24,34)(H,27,28,29)/t16-,17+/m0/s1. The molecule has 4 heterocycles. The summed E-state index contributed by atoms with van der Waals surface area (Å²) in [5, 5.41) is 15.2. The van der Waals surface area contributed by atoms with Crippen molar-refractivity contribution < 1.29 is 14.7 Å². The molecule has 1 saturated heterocycles. The molecule has 1 aliphatic heterocycles. The number of amides is 2. The van der Waals surface area contributed by atoms with Crippen molar-refractivity contribution in [3.8, 4) is 11.4 Å². The van der Waals surface area contributed by atoms with E-state index in [0.29, 0.717) is 48.1 Å². The Labute approximate surface area is 202 Å². The smallest absolute Gasteiger partial charge is 0.242 e. The predicted octanol–water partition coefficient (Wildman–Crippen LogP) is 0.512. The van der Waals surface area contributed by atoms with Crippen LogP contribution in [0.25, 0.3) is 22.6 Å². The van der Waals surface area contributed by atoms with E-state index >= 15 is 0 Å². The van der Waals surface area contributed by atoms with E-state index in [1.165, 1.54) is 6.33 Å². The maximum Gasteiger partial charge on any atom is 0.242 e. The summed E-state index contributed by atoms with van der Waals surface area (Å²) >= 11 is 0. The molecular formula is C23H29N9O3. The third-order valence-corrected chi connectivity index (χ3v) is 6.45. The molecule has 2 fully saturated rings. The summed E-state index contributed by atoms with van der Waals surface area (Å²) in [7, 11) is 0. The Morgan fingerprint density at radius 3 is 2.63 bits per heavy atom. The predicted molar refractivity (Wildman–Crippen MR) is 127 cm³/mol. The van der Waals surface area contributed by atoms with E-state index in [1.54, 1.807) is 17.3 Å².